The van der Waals surface area contributed by atoms with Gasteiger partial charge in [-0.05, 0) is 26.0 Å². The highest BCUT2D eigenvalue weighted by Crippen LogP contribution is 2.24. The Hall–Kier alpha value is -1.35. The van der Waals surface area contributed by atoms with Crippen LogP contribution < -0.4 is 4.74 Å². The summed E-state index contributed by atoms with van der Waals surface area (Å²) in [6.45, 7) is 4.02. The third kappa shape index (κ3) is 2.02. The van der Waals surface area contributed by atoms with E-state index >= 15 is 0 Å². The number of benzene rings is 1. The third-order valence-electron chi connectivity index (χ3n) is 2.12. The molecule has 0 aliphatic heterocycles. The van der Waals surface area contributed by atoms with E-state index in [4.69, 9.17) is 17.0 Å². The maximum Gasteiger partial charge on any atom is 0.143 e. The molecule has 0 bridgehead atoms. The number of pyridine rings is 1. The number of H-pyrrole nitrogens is 1. The molecule has 0 aliphatic rings. The highest BCUT2D eigenvalue weighted by Gasteiger charge is 2.04. The summed E-state index contributed by atoms with van der Waals surface area (Å²) < 4.78 is 6.55. The van der Waals surface area contributed by atoms with Crippen molar-refractivity contribution in [1.82, 2.24) is 4.98 Å². The molecule has 0 radical (unpaired) electrons. The summed E-state index contributed by atoms with van der Waals surface area (Å²) >= 11 is 5.25. The molecule has 0 aliphatic carbocycles. The summed E-state index contributed by atoms with van der Waals surface area (Å²) in [5.74, 6) is 0.856. The number of fused-ring (bicyclic) bond motifs is 1. The first-order chi connectivity index (χ1) is 7.18. The molecule has 2 nitrogen and oxygen atoms in total. The van der Waals surface area contributed by atoms with Crippen molar-refractivity contribution >= 4 is 23.1 Å². The molecule has 1 N–H and O–H groups in total. The number of hydrogen-bond donors (Lipinski definition) is 1. The number of aromatic amines is 1. The summed E-state index contributed by atoms with van der Waals surface area (Å²) in [6.07, 6.45) is 2.01. The average molecular weight is 219 g/mol. The monoisotopic (exact) mass is 219 g/mol. The van der Waals surface area contributed by atoms with E-state index in [0.29, 0.717) is 0 Å². The maximum atomic E-state index is 5.70. The van der Waals surface area contributed by atoms with Crippen molar-refractivity contribution in [2.45, 2.75) is 20.0 Å². The Morgan fingerprint density at radius 3 is 2.80 bits per heavy atom. The Balaban J connectivity index is 2.66. The molecule has 15 heavy (non-hydrogen) atoms. The average Bonchev–Trinajstić information content (AvgIpc) is 2.19. The second-order valence-electron chi connectivity index (χ2n) is 3.69. The van der Waals surface area contributed by atoms with Gasteiger partial charge in [0.25, 0.3) is 0 Å². The first kappa shape index (κ1) is 10.2. The second kappa shape index (κ2) is 4.03. The van der Waals surface area contributed by atoms with Gasteiger partial charge in [0.2, 0.25) is 0 Å². The topological polar surface area (TPSA) is 25.0 Å². The van der Waals surface area contributed by atoms with E-state index in [9.17, 15) is 0 Å². The summed E-state index contributed by atoms with van der Waals surface area (Å²) in [5.41, 5.74) is 0.971. The fourth-order valence-corrected chi connectivity index (χ4v) is 1.77. The molecular weight excluding hydrogens is 206 g/mol. The van der Waals surface area contributed by atoms with Gasteiger partial charge in [0.1, 0.15) is 5.75 Å². The lowest BCUT2D eigenvalue weighted by atomic mass is 10.2. The predicted octanol–water partition coefficient (Wildman–Crippen LogP) is 3.68. The summed E-state index contributed by atoms with van der Waals surface area (Å²) in [6, 6.07) is 7.80. The zero-order valence-corrected chi connectivity index (χ0v) is 9.60. The standard InChI is InChI=1S/C12H13NOS/c1-8(2)14-10-5-3-4-9-11(15)6-7-13-12(9)10/h3-8H,1-2H3,(H,13,15). The Bertz CT molecular complexity index is 530. The highest BCUT2D eigenvalue weighted by molar-refractivity contribution is 7.71. The summed E-state index contributed by atoms with van der Waals surface area (Å²) in [5, 5.41) is 1.03. The molecule has 0 amide bonds. The van der Waals surface area contributed by atoms with E-state index in [1.807, 2.05) is 44.3 Å². The molecule has 0 spiro atoms. The van der Waals surface area contributed by atoms with Crippen LogP contribution in [0, 0.1) is 4.51 Å². The Labute approximate surface area is 93.9 Å². The molecule has 0 saturated carbocycles. The van der Waals surface area contributed by atoms with Gasteiger partial charge >= 0.3 is 0 Å². The Kier molecular flexibility index (Phi) is 2.73. The fraction of sp³-hybridized carbons (Fsp3) is 0.250. The lowest BCUT2D eigenvalue weighted by Crippen LogP contribution is -2.06. The van der Waals surface area contributed by atoms with Crippen LogP contribution in [-0.4, -0.2) is 11.1 Å². The SMILES string of the molecule is CC(C)Oc1cccc2c(=S)cc[nH]c12. The van der Waals surface area contributed by atoms with Gasteiger partial charge < -0.3 is 9.72 Å². The molecule has 3 heteroatoms. The molecule has 0 fully saturated rings. The molecule has 0 saturated heterocycles. The quantitative estimate of drug-likeness (QED) is 0.779. The van der Waals surface area contributed by atoms with E-state index in [1.54, 1.807) is 0 Å². The van der Waals surface area contributed by atoms with Gasteiger partial charge in [0.15, 0.2) is 0 Å². The van der Waals surface area contributed by atoms with E-state index in [1.165, 1.54) is 0 Å². The minimum Gasteiger partial charge on any atom is -0.489 e. The van der Waals surface area contributed by atoms with Crippen molar-refractivity contribution in [3.8, 4) is 5.75 Å². The largest absolute Gasteiger partial charge is 0.489 e. The van der Waals surface area contributed by atoms with Crippen molar-refractivity contribution in [3.05, 3.63) is 35.0 Å². The zero-order chi connectivity index (χ0) is 10.8. The van der Waals surface area contributed by atoms with Crippen LogP contribution in [0.2, 0.25) is 0 Å². The van der Waals surface area contributed by atoms with Gasteiger partial charge in [-0.15, -0.1) is 0 Å². The van der Waals surface area contributed by atoms with Crippen molar-refractivity contribution in [1.29, 1.82) is 0 Å². The first-order valence-corrected chi connectivity index (χ1v) is 5.36. The van der Waals surface area contributed by atoms with Crippen molar-refractivity contribution in [2.24, 2.45) is 0 Å². The number of aromatic nitrogens is 1. The van der Waals surface area contributed by atoms with Gasteiger partial charge in [-0.25, -0.2) is 0 Å². The molecule has 78 valence electrons. The maximum absolute atomic E-state index is 5.70. The highest BCUT2D eigenvalue weighted by atomic mass is 32.1. The Morgan fingerprint density at radius 1 is 1.27 bits per heavy atom. The van der Waals surface area contributed by atoms with Crippen LogP contribution in [0.15, 0.2) is 30.5 Å². The lowest BCUT2D eigenvalue weighted by molar-refractivity contribution is 0.245. The van der Waals surface area contributed by atoms with Crippen LogP contribution in [-0.2, 0) is 0 Å². The van der Waals surface area contributed by atoms with Crippen LogP contribution in [0.1, 0.15) is 13.8 Å². The number of ether oxygens (including phenoxy) is 1. The summed E-state index contributed by atoms with van der Waals surface area (Å²) in [7, 11) is 0. The molecule has 2 aromatic rings. The van der Waals surface area contributed by atoms with Crippen LogP contribution in [0.5, 0.6) is 5.75 Å². The Morgan fingerprint density at radius 2 is 2.07 bits per heavy atom. The summed E-state index contributed by atoms with van der Waals surface area (Å²) in [4.78, 5) is 3.17. The van der Waals surface area contributed by atoms with Gasteiger partial charge in [0.05, 0.1) is 11.6 Å². The van der Waals surface area contributed by atoms with E-state index < -0.39 is 0 Å². The number of nitrogens with one attached hydrogen (secondary N) is 1. The molecule has 1 heterocycles. The van der Waals surface area contributed by atoms with Gasteiger partial charge in [0, 0.05) is 16.1 Å². The van der Waals surface area contributed by atoms with Gasteiger partial charge in [-0.1, -0.05) is 24.4 Å². The van der Waals surface area contributed by atoms with Crippen LogP contribution >= 0.6 is 12.2 Å². The second-order valence-corrected chi connectivity index (χ2v) is 4.13. The molecule has 0 atom stereocenters. The van der Waals surface area contributed by atoms with Crippen LogP contribution in [0.25, 0.3) is 10.9 Å². The number of hydrogen-bond acceptors (Lipinski definition) is 2. The molecular formula is C12H13NOS. The normalized spacial score (nSPS) is 10.9. The smallest absolute Gasteiger partial charge is 0.143 e. The van der Waals surface area contributed by atoms with Crippen molar-refractivity contribution < 1.29 is 4.74 Å². The van der Waals surface area contributed by atoms with E-state index in [-0.39, 0.29) is 6.10 Å². The molecule has 1 aromatic carbocycles. The molecule has 2 rings (SSSR count). The first-order valence-electron chi connectivity index (χ1n) is 4.95. The van der Waals surface area contributed by atoms with Crippen LogP contribution in [0.4, 0.5) is 0 Å². The minimum atomic E-state index is 0.165. The van der Waals surface area contributed by atoms with E-state index in [2.05, 4.69) is 4.98 Å². The zero-order valence-electron chi connectivity index (χ0n) is 8.78. The van der Waals surface area contributed by atoms with Gasteiger partial charge in [-0.2, -0.15) is 0 Å². The van der Waals surface area contributed by atoms with Crippen molar-refractivity contribution in [2.75, 3.05) is 0 Å². The number of para-hydroxylation sites is 1. The van der Waals surface area contributed by atoms with Gasteiger partial charge in [-0.3, -0.25) is 0 Å². The molecule has 0 unspecified atom stereocenters. The lowest BCUT2D eigenvalue weighted by Gasteiger charge is -2.11. The number of rotatable bonds is 2. The van der Waals surface area contributed by atoms with Crippen LogP contribution in [0.3, 0.4) is 0 Å². The van der Waals surface area contributed by atoms with Crippen molar-refractivity contribution in [3.63, 3.8) is 0 Å². The third-order valence-corrected chi connectivity index (χ3v) is 2.47. The fourth-order valence-electron chi connectivity index (χ4n) is 1.53. The predicted molar refractivity (Wildman–Crippen MR) is 64.9 cm³/mol. The molecule has 1 aromatic heterocycles. The van der Waals surface area contributed by atoms with E-state index in [0.717, 1.165) is 21.2 Å². The minimum absolute atomic E-state index is 0.165.